The lowest BCUT2D eigenvalue weighted by molar-refractivity contribution is -0.137. The molecule has 1 unspecified atom stereocenters. The molecule has 0 amide bonds. The topological polar surface area (TPSA) is 50.9 Å². The molecule has 0 aliphatic rings. The van der Waals surface area contributed by atoms with Crippen LogP contribution in [-0.2, 0) is 6.18 Å². The fraction of sp³-hybridized carbons (Fsp3) is 0.545. The van der Waals surface area contributed by atoms with E-state index in [2.05, 4.69) is 10.3 Å². The SMILES string of the molecule is CCC(CCN)Nc1ccc(C(F)(F)F)cn1. The van der Waals surface area contributed by atoms with E-state index in [1.54, 1.807) is 0 Å². The summed E-state index contributed by atoms with van der Waals surface area (Å²) in [6.07, 6.45) is -1.90. The lowest BCUT2D eigenvalue weighted by Crippen LogP contribution is -2.22. The van der Waals surface area contributed by atoms with Crippen LogP contribution >= 0.6 is 0 Å². The van der Waals surface area contributed by atoms with E-state index in [9.17, 15) is 13.2 Å². The predicted molar refractivity (Wildman–Crippen MR) is 60.6 cm³/mol. The van der Waals surface area contributed by atoms with Crippen LogP contribution in [0.25, 0.3) is 0 Å². The number of hydrogen-bond acceptors (Lipinski definition) is 3. The molecule has 1 atom stereocenters. The van der Waals surface area contributed by atoms with Crippen LogP contribution in [0.1, 0.15) is 25.3 Å². The van der Waals surface area contributed by atoms with E-state index in [1.807, 2.05) is 6.92 Å². The molecule has 0 bridgehead atoms. The van der Waals surface area contributed by atoms with Gasteiger partial charge in [0.05, 0.1) is 5.56 Å². The smallest absolute Gasteiger partial charge is 0.367 e. The third-order valence-electron chi connectivity index (χ3n) is 2.45. The number of aromatic nitrogens is 1. The summed E-state index contributed by atoms with van der Waals surface area (Å²) in [7, 11) is 0. The van der Waals surface area contributed by atoms with E-state index < -0.39 is 11.7 Å². The highest BCUT2D eigenvalue weighted by molar-refractivity contribution is 5.37. The normalized spacial score (nSPS) is 13.5. The minimum atomic E-state index is -4.34. The van der Waals surface area contributed by atoms with Gasteiger partial charge < -0.3 is 11.1 Å². The van der Waals surface area contributed by atoms with E-state index in [0.717, 1.165) is 25.1 Å². The molecule has 3 N–H and O–H groups in total. The molecule has 0 aliphatic heterocycles. The number of hydrogen-bond donors (Lipinski definition) is 2. The van der Waals surface area contributed by atoms with E-state index in [1.165, 1.54) is 6.07 Å². The van der Waals surface area contributed by atoms with Gasteiger partial charge in [0.25, 0.3) is 0 Å². The minimum absolute atomic E-state index is 0.143. The first-order valence-corrected chi connectivity index (χ1v) is 5.47. The molecule has 6 heteroatoms. The lowest BCUT2D eigenvalue weighted by atomic mass is 10.1. The van der Waals surface area contributed by atoms with Gasteiger partial charge in [0.2, 0.25) is 0 Å². The maximum atomic E-state index is 12.3. The van der Waals surface area contributed by atoms with E-state index in [4.69, 9.17) is 5.73 Å². The minimum Gasteiger partial charge on any atom is -0.367 e. The maximum absolute atomic E-state index is 12.3. The molecule has 96 valence electrons. The van der Waals surface area contributed by atoms with Crippen LogP contribution in [0.15, 0.2) is 18.3 Å². The van der Waals surface area contributed by atoms with Crippen molar-refractivity contribution in [3.63, 3.8) is 0 Å². The summed E-state index contributed by atoms with van der Waals surface area (Å²) in [5, 5.41) is 3.05. The number of halogens is 3. The highest BCUT2D eigenvalue weighted by atomic mass is 19.4. The number of pyridine rings is 1. The van der Waals surface area contributed by atoms with Crippen molar-refractivity contribution in [2.45, 2.75) is 32.0 Å². The third kappa shape index (κ3) is 4.22. The summed E-state index contributed by atoms with van der Waals surface area (Å²) >= 11 is 0. The molecule has 1 aromatic rings. The molecule has 3 nitrogen and oxygen atoms in total. The summed E-state index contributed by atoms with van der Waals surface area (Å²) in [6, 6.07) is 2.50. The summed E-state index contributed by atoms with van der Waals surface area (Å²) in [5.41, 5.74) is 4.69. The second kappa shape index (κ2) is 5.86. The van der Waals surface area contributed by atoms with E-state index in [-0.39, 0.29) is 6.04 Å². The van der Waals surface area contributed by atoms with Crippen molar-refractivity contribution in [2.75, 3.05) is 11.9 Å². The Morgan fingerprint density at radius 3 is 2.53 bits per heavy atom. The van der Waals surface area contributed by atoms with Gasteiger partial charge in [0.1, 0.15) is 5.82 Å². The Morgan fingerprint density at radius 1 is 1.41 bits per heavy atom. The average molecular weight is 247 g/mol. The number of rotatable bonds is 5. The quantitative estimate of drug-likeness (QED) is 0.841. The van der Waals surface area contributed by atoms with Crippen molar-refractivity contribution in [3.05, 3.63) is 23.9 Å². The van der Waals surface area contributed by atoms with Crippen LogP contribution < -0.4 is 11.1 Å². The van der Waals surface area contributed by atoms with Gasteiger partial charge in [0, 0.05) is 12.2 Å². The van der Waals surface area contributed by atoms with Gasteiger partial charge in [0.15, 0.2) is 0 Å². The number of nitrogens with zero attached hydrogens (tertiary/aromatic N) is 1. The molecule has 1 aromatic heterocycles. The Balaban J connectivity index is 2.68. The molecule has 17 heavy (non-hydrogen) atoms. The summed E-state index contributed by atoms with van der Waals surface area (Å²) in [4.78, 5) is 3.74. The van der Waals surface area contributed by atoms with Gasteiger partial charge in [-0.15, -0.1) is 0 Å². The monoisotopic (exact) mass is 247 g/mol. The van der Waals surface area contributed by atoms with Gasteiger partial charge in [-0.25, -0.2) is 4.98 Å². The molecule has 0 aliphatic carbocycles. The summed E-state index contributed by atoms with van der Waals surface area (Å²) < 4.78 is 36.9. The largest absolute Gasteiger partial charge is 0.417 e. The number of anilines is 1. The van der Waals surface area contributed by atoms with Crippen LogP contribution in [0, 0.1) is 0 Å². The van der Waals surface area contributed by atoms with Gasteiger partial charge in [-0.1, -0.05) is 6.92 Å². The number of nitrogens with two attached hydrogens (primary N) is 1. The Labute approximate surface area is 98.2 Å². The van der Waals surface area contributed by atoms with Crippen LogP contribution in [0.4, 0.5) is 19.0 Å². The van der Waals surface area contributed by atoms with Crippen molar-refractivity contribution in [2.24, 2.45) is 5.73 Å². The summed E-state index contributed by atoms with van der Waals surface area (Å²) in [5.74, 6) is 0.443. The van der Waals surface area contributed by atoms with Crippen molar-refractivity contribution < 1.29 is 13.2 Å². The van der Waals surface area contributed by atoms with E-state index in [0.29, 0.717) is 12.4 Å². The van der Waals surface area contributed by atoms with Crippen LogP contribution in [-0.4, -0.2) is 17.6 Å². The lowest BCUT2D eigenvalue weighted by Gasteiger charge is -2.16. The molecule has 1 heterocycles. The molecular formula is C11H16F3N3. The number of nitrogens with one attached hydrogen (secondary N) is 1. The van der Waals surface area contributed by atoms with Crippen LogP contribution in [0.3, 0.4) is 0 Å². The maximum Gasteiger partial charge on any atom is 0.417 e. The number of alkyl halides is 3. The fourth-order valence-corrected chi connectivity index (χ4v) is 1.44. The molecular weight excluding hydrogens is 231 g/mol. The zero-order valence-corrected chi connectivity index (χ0v) is 9.59. The highest BCUT2D eigenvalue weighted by Gasteiger charge is 2.30. The van der Waals surface area contributed by atoms with Gasteiger partial charge in [-0.2, -0.15) is 13.2 Å². The fourth-order valence-electron chi connectivity index (χ4n) is 1.44. The second-order valence-corrected chi connectivity index (χ2v) is 3.76. The highest BCUT2D eigenvalue weighted by Crippen LogP contribution is 2.28. The molecule has 0 fully saturated rings. The molecule has 0 saturated carbocycles. The van der Waals surface area contributed by atoms with Gasteiger partial charge in [-0.3, -0.25) is 0 Å². The van der Waals surface area contributed by atoms with Gasteiger partial charge >= 0.3 is 6.18 Å². The second-order valence-electron chi connectivity index (χ2n) is 3.76. The zero-order valence-electron chi connectivity index (χ0n) is 9.59. The van der Waals surface area contributed by atoms with Gasteiger partial charge in [-0.05, 0) is 31.5 Å². The van der Waals surface area contributed by atoms with Crippen molar-refractivity contribution >= 4 is 5.82 Å². The predicted octanol–water partition coefficient (Wildman–Crippen LogP) is 2.64. The zero-order chi connectivity index (χ0) is 12.9. The van der Waals surface area contributed by atoms with E-state index >= 15 is 0 Å². The average Bonchev–Trinajstić information content (AvgIpc) is 2.28. The van der Waals surface area contributed by atoms with Crippen molar-refractivity contribution in [3.8, 4) is 0 Å². The molecule has 0 radical (unpaired) electrons. The first kappa shape index (κ1) is 13.8. The Kier molecular flexibility index (Phi) is 4.74. The third-order valence-corrected chi connectivity index (χ3v) is 2.45. The molecule has 0 saturated heterocycles. The van der Waals surface area contributed by atoms with Crippen molar-refractivity contribution in [1.82, 2.24) is 4.98 Å². The molecule has 0 spiro atoms. The molecule has 1 rings (SSSR count). The Hall–Kier alpha value is -1.30. The van der Waals surface area contributed by atoms with Crippen molar-refractivity contribution in [1.29, 1.82) is 0 Å². The standard InChI is InChI=1S/C11H16F3N3/c1-2-9(5-6-15)17-10-4-3-8(7-16-10)11(12,13)14/h3-4,7,9H,2,5-6,15H2,1H3,(H,16,17). The van der Waals surface area contributed by atoms with Crippen LogP contribution in [0.5, 0.6) is 0 Å². The summed E-state index contributed by atoms with van der Waals surface area (Å²) in [6.45, 7) is 2.52. The first-order chi connectivity index (χ1) is 7.97. The Bertz CT molecular complexity index is 335. The molecule has 0 aromatic carbocycles. The Morgan fingerprint density at radius 2 is 2.12 bits per heavy atom. The van der Waals surface area contributed by atoms with Crippen LogP contribution in [0.2, 0.25) is 0 Å². The first-order valence-electron chi connectivity index (χ1n) is 5.47.